The lowest BCUT2D eigenvalue weighted by atomic mass is 9.74. The van der Waals surface area contributed by atoms with E-state index in [1.807, 2.05) is 27.7 Å². The van der Waals surface area contributed by atoms with Crippen molar-refractivity contribution >= 4 is 5.91 Å². The molecule has 0 aliphatic rings. The summed E-state index contributed by atoms with van der Waals surface area (Å²) in [5.74, 6) is -0.125. The number of hydrogen-bond acceptors (Lipinski definition) is 4. The highest BCUT2D eigenvalue weighted by Gasteiger charge is 2.40. The Labute approximate surface area is 104 Å². The Hall–Kier alpha value is -0.650. The number of carbonyl (C=O) groups is 1. The maximum Gasteiger partial charge on any atom is 0.227 e. The molecule has 1 atom stereocenters. The van der Waals surface area contributed by atoms with Crippen LogP contribution in [0.5, 0.6) is 0 Å². The molecule has 0 aliphatic carbocycles. The zero-order valence-electron chi connectivity index (χ0n) is 11.5. The molecule has 0 aromatic rings. The molecule has 5 nitrogen and oxygen atoms in total. The van der Waals surface area contributed by atoms with Gasteiger partial charge in [-0.05, 0) is 34.1 Å². The summed E-state index contributed by atoms with van der Waals surface area (Å²) in [6, 6.07) is -0.181. The van der Waals surface area contributed by atoms with E-state index in [4.69, 9.17) is 15.6 Å². The van der Waals surface area contributed by atoms with Crippen LogP contribution in [-0.2, 0) is 9.53 Å². The Morgan fingerprint density at radius 2 is 1.94 bits per heavy atom. The van der Waals surface area contributed by atoms with Crippen molar-refractivity contribution in [2.75, 3.05) is 20.3 Å². The van der Waals surface area contributed by atoms with Crippen LogP contribution >= 0.6 is 0 Å². The van der Waals surface area contributed by atoms with Crippen LogP contribution in [0.25, 0.3) is 0 Å². The fourth-order valence-corrected chi connectivity index (χ4v) is 1.21. The van der Waals surface area contributed by atoms with Crippen LogP contribution in [0.3, 0.4) is 0 Å². The van der Waals surface area contributed by atoms with Gasteiger partial charge in [0.2, 0.25) is 5.91 Å². The van der Waals surface area contributed by atoms with E-state index in [2.05, 4.69) is 5.32 Å². The molecule has 0 aromatic heterocycles. The summed E-state index contributed by atoms with van der Waals surface area (Å²) in [5, 5.41) is 11.8. The Morgan fingerprint density at radius 1 is 1.41 bits per heavy atom. The van der Waals surface area contributed by atoms with Gasteiger partial charge in [-0.3, -0.25) is 4.79 Å². The van der Waals surface area contributed by atoms with Crippen LogP contribution in [0.2, 0.25) is 0 Å². The van der Waals surface area contributed by atoms with Crippen molar-refractivity contribution < 1.29 is 14.6 Å². The number of amides is 1. The average molecular weight is 246 g/mol. The molecule has 0 radical (unpaired) electrons. The normalized spacial score (nSPS) is 14.5. The van der Waals surface area contributed by atoms with E-state index in [0.29, 0.717) is 13.0 Å². The van der Waals surface area contributed by atoms with Gasteiger partial charge in [-0.25, -0.2) is 0 Å². The molecular weight excluding hydrogens is 220 g/mol. The van der Waals surface area contributed by atoms with Gasteiger partial charge in [0.25, 0.3) is 0 Å². The molecule has 0 aromatic carbocycles. The van der Waals surface area contributed by atoms with Crippen molar-refractivity contribution in [3.63, 3.8) is 0 Å². The molecule has 0 saturated carbocycles. The molecule has 0 fully saturated rings. The number of nitrogens with one attached hydrogen (secondary N) is 1. The Balaban J connectivity index is 4.60. The van der Waals surface area contributed by atoms with E-state index in [1.54, 1.807) is 7.11 Å². The van der Waals surface area contributed by atoms with Crippen LogP contribution in [0.15, 0.2) is 0 Å². The van der Waals surface area contributed by atoms with E-state index < -0.39 is 11.0 Å². The maximum atomic E-state index is 12.1. The lowest BCUT2D eigenvalue weighted by molar-refractivity contribution is -0.133. The van der Waals surface area contributed by atoms with Crippen LogP contribution in [-0.4, -0.2) is 42.9 Å². The van der Waals surface area contributed by atoms with Crippen LogP contribution in [0, 0.1) is 5.41 Å². The Morgan fingerprint density at radius 3 is 2.29 bits per heavy atom. The number of aliphatic hydroxyl groups is 1. The topological polar surface area (TPSA) is 84.6 Å². The van der Waals surface area contributed by atoms with E-state index in [9.17, 15) is 4.79 Å². The number of carbonyl (C=O) groups excluding carboxylic acids is 1. The van der Waals surface area contributed by atoms with Crippen molar-refractivity contribution in [1.82, 2.24) is 5.32 Å². The van der Waals surface area contributed by atoms with Gasteiger partial charge in [0.05, 0.1) is 18.1 Å². The maximum absolute atomic E-state index is 12.1. The molecule has 0 spiro atoms. The molecular formula is C12H26N2O3. The van der Waals surface area contributed by atoms with Crippen molar-refractivity contribution in [3.05, 3.63) is 0 Å². The highest BCUT2D eigenvalue weighted by atomic mass is 16.5. The molecule has 5 heteroatoms. The second kappa shape index (κ2) is 6.33. The van der Waals surface area contributed by atoms with Crippen molar-refractivity contribution in [2.45, 2.75) is 45.7 Å². The van der Waals surface area contributed by atoms with Gasteiger partial charge in [0.15, 0.2) is 0 Å². The monoisotopic (exact) mass is 246 g/mol. The molecule has 0 bridgehead atoms. The predicted molar refractivity (Wildman–Crippen MR) is 67.6 cm³/mol. The number of ether oxygens (including phenoxy) is 1. The number of aliphatic hydroxyl groups excluding tert-OH is 1. The SMILES string of the molecule is COCC(CCO)NC(=O)C(C)(C)C(C)(C)N. The van der Waals surface area contributed by atoms with Gasteiger partial charge >= 0.3 is 0 Å². The highest BCUT2D eigenvalue weighted by molar-refractivity contribution is 5.83. The zero-order valence-corrected chi connectivity index (χ0v) is 11.5. The van der Waals surface area contributed by atoms with Gasteiger partial charge < -0.3 is 20.9 Å². The highest BCUT2D eigenvalue weighted by Crippen LogP contribution is 2.28. The number of nitrogens with two attached hydrogens (primary N) is 1. The summed E-state index contributed by atoms with van der Waals surface area (Å²) in [7, 11) is 1.56. The molecule has 1 amide bonds. The lowest BCUT2D eigenvalue weighted by Crippen LogP contribution is -2.57. The molecule has 17 heavy (non-hydrogen) atoms. The summed E-state index contributed by atoms with van der Waals surface area (Å²) < 4.78 is 5.00. The van der Waals surface area contributed by atoms with Crippen LogP contribution in [0.1, 0.15) is 34.1 Å². The first-order chi connectivity index (χ1) is 7.66. The van der Waals surface area contributed by atoms with E-state index in [1.165, 1.54) is 0 Å². The fourth-order valence-electron chi connectivity index (χ4n) is 1.21. The van der Waals surface area contributed by atoms with Crippen LogP contribution < -0.4 is 11.1 Å². The number of rotatable bonds is 7. The predicted octanol–water partition coefficient (Wildman–Crippen LogP) is 0.264. The van der Waals surface area contributed by atoms with Crippen molar-refractivity contribution in [2.24, 2.45) is 11.1 Å². The smallest absolute Gasteiger partial charge is 0.227 e. The number of hydrogen-bond donors (Lipinski definition) is 3. The standard InChI is InChI=1S/C12H26N2O3/c1-11(2,12(3,4)13)10(16)14-9(6-7-15)8-17-5/h9,15H,6-8,13H2,1-5H3,(H,14,16). The van der Waals surface area contributed by atoms with Gasteiger partial charge in [0.1, 0.15) is 0 Å². The molecule has 0 aliphatic heterocycles. The average Bonchev–Trinajstić information content (AvgIpc) is 2.16. The Bertz CT molecular complexity index is 241. The molecule has 0 saturated heterocycles. The quantitative estimate of drug-likeness (QED) is 0.602. The van der Waals surface area contributed by atoms with Gasteiger partial charge in [-0.2, -0.15) is 0 Å². The van der Waals surface area contributed by atoms with Gasteiger partial charge in [0, 0.05) is 19.3 Å². The molecule has 4 N–H and O–H groups in total. The minimum Gasteiger partial charge on any atom is -0.396 e. The van der Waals surface area contributed by atoms with Crippen LogP contribution in [0.4, 0.5) is 0 Å². The van der Waals surface area contributed by atoms with E-state index >= 15 is 0 Å². The molecule has 0 rings (SSSR count). The largest absolute Gasteiger partial charge is 0.396 e. The first-order valence-corrected chi connectivity index (χ1v) is 5.86. The van der Waals surface area contributed by atoms with Gasteiger partial charge in [-0.15, -0.1) is 0 Å². The first kappa shape index (κ1) is 16.4. The Kier molecular flexibility index (Phi) is 6.09. The van der Waals surface area contributed by atoms with E-state index in [0.717, 1.165) is 0 Å². The van der Waals surface area contributed by atoms with Crippen molar-refractivity contribution in [1.29, 1.82) is 0 Å². The third-order valence-electron chi connectivity index (χ3n) is 3.36. The second-order valence-corrected chi connectivity index (χ2v) is 5.48. The zero-order chi connectivity index (χ0) is 13.7. The molecule has 1 unspecified atom stereocenters. The third kappa shape index (κ3) is 4.61. The number of methoxy groups -OCH3 is 1. The molecule has 102 valence electrons. The summed E-state index contributed by atoms with van der Waals surface area (Å²) in [6.45, 7) is 7.66. The minimum atomic E-state index is -0.686. The summed E-state index contributed by atoms with van der Waals surface area (Å²) in [5.41, 5.74) is 4.69. The third-order valence-corrected chi connectivity index (χ3v) is 3.36. The summed E-state index contributed by atoms with van der Waals surface area (Å²) in [4.78, 5) is 12.1. The minimum absolute atomic E-state index is 0.0146. The van der Waals surface area contributed by atoms with Crippen molar-refractivity contribution in [3.8, 4) is 0 Å². The first-order valence-electron chi connectivity index (χ1n) is 5.86. The fraction of sp³-hybridized carbons (Fsp3) is 0.917. The second-order valence-electron chi connectivity index (χ2n) is 5.48. The summed E-state index contributed by atoms with van der Waals surface area (Å²) in [6.07, 6.45) is 0.473. The van der Waals surface area contributed by atoms with Gasteiger partial charge in [-0.1, -0.05) is 0 Å². The van der Waals surface area contributed by atoms with E-state index in [-0.39, 0.29) is 18.6 Å². The molecule has 0 heterocycles. The lowest BCUT2D eigenvalue weighted by Gasteiger charge is -2.38. The summed E-state index contributed by atoms with van der Waals surface area (Å²) >= 11 is 0.